The second kappa shape index (κ2) is 23.3. The van der Waals surface area contributed by atoms with Crippen LogP contribution in [0.1, 0.15) is 142 Å². The van der Waals surface area contributed by atoms with Crippen LogP contribution in [0, 0.1) is 5.92 Å². The van der Waals surface area contributed by atoms with Gasteiger partial charge in [0.15, 0.2) is 0 Å². The van der Waals surface area contributed by atoms with Gasteiger partial charge in [-0.1, -0.05) is 135 Å². The molecule has 0 heterocycles. The summed E-state index contributed by atoms with van der Waals surface area (Å²) >= 11 is 0. The zero-order valence-electron chi connectivity index (χ0n) is 20.3. The van der Waals surface area contributed by atoms with Crippen LogP contribution in [0.4, 0.5) is 0 Å². The minimum atomic E-state index is -1.07. The van der Waals surface area contributed by atoms with E-state index in [0.717, 1.165) is 12.8 Å². The van der Waals surface area contributed by atoms with Crippen molar-refractivity contribution in [1.29, 1.82) is 0 Å². The number of allylic oxidation sites excluding steroid dienone is 1. The van der Waals surface area contributed by atoms with E-state index < -0.39 is 17.9 Å². The first-order valence-electron chi connectivity index (χ1n) is 13.2. The van der Waals surface area contributed by atoms with Crippen LogP contribution < -0.4 is 0 Å². The molecule has 1 atom stereocenters. The fourth-order valence-electron chi connectivity index (χ4n) is 4.03. The summed E-state index contributed by atoms with van der Waals surface area (Å²) in [6.45, 7) is 2.28. The lowest BCUT2D eigenvalue weighted by atomic mass is 10.0. The number of hydrogen-bond acceptors (Lipinski definition) is 2. The van der Waals surface area contributed by atoms with Crippen molar-refractivity contribution in [2.45, 2.75) is 142 Å². The van der Waals surface area contributed by atoms with Gasteiger partial charge >= 0.3 is 11.9 Å². The highest BCUT2D eigenvalue weighted by Gasteiger charge is 2.17. The second-order valence-corrected chi connectivity index (χ2v) is 9.12. The van der Waals surface area contributed by atoms with Crippen LogP contribution in [0.5, 0.6) is 0 Å². The zero-order valence-corrected chi connectivity index (χ0v) is 20.3. The van der Waals surface area contributed by atoms with Crippen LogP contribution in [0.25, 0.3) is 0 Å². The van der Waals surface area contributed by atoms with E-state index in [1.807, 2.05) is 6.08 Å². The molecule has 31 heavy (non-hydrogen) atoms. The SMILES string of the molecule is CCCCCCCCCCCCCCCCCCCCC/C=C/C(CC(=O)O)C(=O)O. The van der Waals surface area contributed by atoms with Crippen LogP contribution in [0.2, 0.25) is 0 Å². The summed E-state index contributed by atoms with van der Waals surface area (Å²) < 4.78 is 0. The van der Waals surface area contributed by atoms with Crippen molar-refractivity contribution in [1.82, 2.24) is 0 Å². The standard InChI is InChI=1S/C27H50O4/c1-2-3-4-5-6-7-8-9-10-11-12-13-14-15-16-17-18-19-20-21-22-23-25(27(30)31)24-26(28)29/h22-23,25H,2-21,24H2,1H3,(H,28,29)(H,30,31)/b23-22+. The minimum Gasteiger partial charge on any atom is -0.481 e. The molecule has 4 nitrogen and oxygen atoms in total. The molecular weight excluding hydrogens is 388 g/mol. The first-order chi connectivity index (χ1) is 15.1. The predicted octanol–water partition coefficient (Wildman–Crippen LogP) is 8.54. The van der Waals surface area contributed by atoms with Crippen molar-refractivity contribution in [3.8, 4) is 0 Å². The summed E-state index contributed by atoms with van der Waals surface area (Å²) in [6, 6.07) is 0. The number of carbonyl (C=O) groups is 2. The third-order valence-electron chi connectivity index (χ3n) is 6.05. The molecule has 0 aliphatic carbocycles. The van der Waals surface area contributed by atoms with E-state index in [0.29, 0.717) is 0 Å². The number of aliphatic carboxylic acids is 2. The summed E-state index contributed by atoms with van der Waals surface area (Å²) in [6.07, 6.45) is 29.7. The van der Waals surface area contributed by atoms with Gasteiger partial charge in [0.2, 0.25) is 0 Å². The maximum Gasteiger partial charge on any atom is 0.310 e. The van der Waals surface area contributed by atoms with Gasteiger partial charge in [0.05, 0.1) is 12.3 Å². The molecule has 0 saturated heterocycles. The van der Waals surface area contributed by atoms with Gasteiger partial charge in [0, 0.05) is 0 Å². The molecule has 0 aliphatic heterocycles. The molecule has 0 amide bonds. The van der Waals surface area contributed by atoms with Gasteiger partial charge in [-0.3, -0.25) is 9.59 Å². The summed E-state index contributed by atoms with van der Waals surface area (Å²) in [4.78, 5) is 21.6. The van der Waals surface area contributed by atoms with Crippen LogP contribution in [0.15, 0.2) is 12.2 Å². The zero-order chi connectivity index (χ0) is 23.0. The molecule has 0 bridgehead atoms. The average Bonchev–Trinajstić information content (AvgIpc) is 2.73. The minimum absolute atomic E-state index is 0.342. The van der Waals surface area contributed by atoms with Crippen LogP contribution >= 0.6 is 0 Å². The smallest absolute Gasteiger partial charge is 0.310 e. The van der Waals surface area contributed by atoms with Crippen LogP contribution in [-0.2, 0) is 9.59 Å². The van der Waals surface area contributed by atoms with E-state index in [-0.39, 0.29) is 6.42 Å². The van der Waals surface area contributed by atoms with Crippen LogP contribution in [0.3, 0.4) is 0 Å². The van der Waals surface area contributed by atoms with Crippen molar-refractivity contribution in [3.63, 3.8) is 0 Å². The molecule has 0 aromatic carbocycles. The van der Waals surface area contributed by atoms with E-state index in [9.17, 15) is 9.59 Å². The molecule has 0 rings (SSSR count). The number of carboxylic acid groups (broad SMARTS) is 2. The normalized spacial score (nSPS) is 12.4. The summed E-state index contributed by atoms with van der Waals surface area (Å²) in [5.41, 5.74) is 0. The molecule has 4 heteroatoms. The van der Waals surface area contributed by atoms with Crippen molar-refractivity contribution in [2.75, 3.05) is 0 Å². The summed E-state index contributed by atoms with van der Waals surface area (Å²) in [5, 5.41) is 17.7. The van der Waals surface area contributed by atoms with Crippen molar-refractivity contribution < 1.29 is 19.8 Å². The molecule has 2 N–H and O–H groups in total. The van der Waals surface area contributed by atoms with E-state index in [2.05, 4.69) is 6.92 Å². The maximum atomic E-state index is 11.0. The number of rotatable bonds is 24. The summed E-state index contributed by atoms with van der Waals surface area (Å²) in [7, 11) is 0. The summed E-state index contributed by atoms with van der Waals surface area (Å²) in [5.74, 6) is -3.04. The van der Waals surface area contributed by atoms with Gasteiger partial charge in [-0.05, 0) is 12.8 Å². The van der Waals surface area contributed by atoms with E-state index in [1.165, 1.54) is 122 Å². The molecule has 182 valence electrons. The Hall–Kier alpha value is -1.32. The first-order valence-corrected chi connectivity index (χ1v) is 13.2. The fraction of sp³-hybridized carbons (Fsp3) is 0.852. The molecule has 0 aromatic heterocycles. The highest BCUT2D eigenvalue weighted by Crippen LogP contribution is 2.15. The second-order valence-electron chi connectivity index (χ2n) is 9.12. The number of carboxylic acids is 2. The molecule has 1 unspecified atom stereocenters. The Labute approximate surface area is 191 Å². The van der Waals surface area contributed by atoms with Crippen LogP contribution in [-0.4, -0.2) is 22.2 Å². The van der Waals surface area contributed by atoms with Gasteiger partial charge in [-0.25, -0.2) is 0 Å². The Bertz CT molecular complexity index is 445. The van der Waals surface area contributed by atoms with Gasteiger partial charge in [0.1, 0.15) is 0 Å². The number of unbranched alkanes of at least 4 members (excludes halogenated alkanes) is 19. The molecular formula is C27H50O4. The molecule has 0 aliphatic rings. The Morgan fingerprint density at radius 3 is 1.29 bits per heavy atom. The fourth-order valence-corrected chi connectivity index (χ4v) is 4.03. The average molecular weight is 439 g/mol. The molecule has 0 fully saturated rings. The predicted molar refractivity (Wildman–Crippen MR) is 131 cm³/mol. The Morgan fingerprint density at radius 2 is 0.968 bits per heavy atom. The molecule has 0 radical (unpaired) electrons. The topological polar surface area (TPSA) is 74.6 Å². The van der Waals surface area contributed by atoms with Crippen molar-refractivity contribution in [3.05, 3.63) is 12.2 Å². The molecule has 0 aromatic rings. The number of hydrogen-bond donors (Lipinski definition) is 2. The first kappa shape index (κ1) is 29.7. The highest BCUT2D eigenvalue weighted by molar-refractivity contribution is 5.79. The lowest BCUT2D eigenvalue weighted by Gasteiger charge is -2.04. The lowest BCUT2D eigenvalue weighted by Crippen LogP contribution is -2.15. The van der Waals surface area contributed by atoms with Gasteiger partial charge in [-0.2, -0.15) is 0 Å². The lowest BCUT2D eigenvalue weighted by molar-refractivity contribution is -0.146. The van der Waals surface area contributed by atoms with Gasteiger partial charge < -0.3 is 10.2 Å². The molecule has 0 spiro atoms. The van der Waals surface area contributed by atoms with Crippen molar-refractivity contribution >= 4 is 11.9 Å². The maximum absolute atomic E-state index is 11.0. The quantitative estimate of drug-likeness (QED) is 0.117. The third kappa shape index (κ3) is 23.2. The van der Waals surface area contributed by atoms with Gasteiger partial charge in [0.25, 0.3) is 0 Å². The van der Waals surface area contributed by atoms with Crippen molar-refractivity contribution in [2.24, 2.45) is 5.92 Å². The van der Waals surface area contributed by atoms with E-state index in [4.69, 9.17) is 10.2 Å². The Morgan fingerprint density at radius 1 is 0.613 bits per heavy atom. The largest absolute Gasteiger partial charge is 0.481 e. The molecule has 0 saturated carbocycles. The van der Waals surface area contributed by atoms with Gasteiger partial charge in [-0.15, -0.1) is 0 Å². The Kier molecular flexibility index (Phi) is 22.4. The highest BCUT2D eigenvalue weighted by atomic mass is 16.4. The monoisotopic (exact) mass is 438 g/mol. The van der Waals surface area contributed by atoms with E-state index in [1.54, 1.807) is 0 Å². The third-order valence-corrected chi connectivity index (χ3v) is 6.05. The van der Waals surface area contributed by atoms with E-state index >= 15 is 0 Å². The Balaban J connectivity index is 3.27.